The summed E-state index contributed by atoms with van der Waals surface area (Å²) in [7, 11) is 0. The van der Waals surface area contributed by atoms with Gasteiger partial charge in [0.2, 0.25) is 0 Å². The van der Waals surface area contributed by atoms with Crippen molar-refractivity contribution in [1.82, 2.24) is 0 Å². The Kier molecular flexibility index (Phi) is 6.97. The van der Waals surface area contributed by atoms with Gasteiger partial charge in [0, 0.05) is 18.3 Å². The van der Waals surface area contributed by atoms with Crippen molar-refractivity contribution in [2.45, 2.75) is 6.61 Å². The molecule has 0 fully saturated rings. The fourth-order valence-electron chi connectivity index (χ4n) is 2.96. The third-order valence-electron chi connectivity index (χ3n) is 4.68. The summed E-state index contributed by atoms with van der Waals surface area (Å²) in [5.41, 5.74) is 2.46. The van der Waals surface area contributed by atoms with Crippen LogP contribution in [0.15, 0.2) is 102 Å². The second kappa shape index (κ2) is 10.4. The maximum atomic E-state index is 10.7. The average Bonchev–Trinajstić information content (AvgIpc) is 2.84. The normalized spacial score (nSPS) is 10.8. The number of para-hydroxylation sites is 1. The number of aliphatic imine (C=N–C) groups is 1. The first-order chi connectivity index (χ1) is 16.1. The van der Waals surface area contributed by atoms with Crippen molar-refractivity contribution >= 4 is 29.2 Å². The van der Waals surface area contributed by atoms with Crippen LogP contribution in [0.2, 0.25) is 5.02 Å². The van der Waals surface area contributed by atoms with Gasteiger partial charge in [-0.15, -0.1) is 0 Å². The number of hydrogen-bond acceptors (Lipinski definition) is 5. The van der Waals surface area contributed by atoms with E-state index >= 15 is 0 Å². The topological polar surface area (TPSA) is 74.0 Å². The second-order valence-corrected chi connectivity index (χ2v) is 7.48. The molecule has 0 atom stereocenters. The van der Waals surface area contributed by atoms with E-state index in [-0.39, 0.29) is 12.3 Å². The number of nitrogens with zero attached hydrogens (tertiary/aromatic N) is 2. The summed E-state index contributed by atoms with van der Waals surface area (Å²) in [6, 6.07) is 28.6. The van der Waals surface area contributed by atoms with Crippen molar-refractivity contribution in [1.29, 1.82) is 0 Å². The molecule has 0 N–H and O–H groups in total. The Morgan fingerprint density at radius 2 is 1.58 bits per heavy atom. The van der Waals surface area contributed by atoms with Gasteiger partial charge in [0.1, 0.15) is 23.9 Å². The zero-order valence-corrected chi connectivity index (χ0v) is 18.2. The molecule has 0 aliphatic heterocycles. The molecule has 0 amide bonds. The van der Waals surface area contributed by atoms with E-state index in [1.165, 1.54) is 12.1 Å². The van der Waals surface area contributed by atoms with E-state index in [2.05, 4.69) is 4.99 Å². The Balaban J connectivity index is 1.35. The van der Waals surface area contributed by atoms with Crippen LogP contribution >= 0.6 is 11.6 Å². The summed E-state index contributed by atoms with van der Waals surface area (Å²) in [4.78, 5) is 14.8. The molecule has 0 aliphatic carbocycles. The summed E-state index contributed by atoms with van der Waals surface area (Å²) >= 11 is 6.35. The molecule has 0 spiro atoms. The van der Waals surface area contributed by atoms with Gasteiger partial charge in [-0.3, -0.25) is 15.1 Å². The van der Waals surface area contributed by atoms with Gasteiger partial charge in [-0.25, -0.2) is 0 Å². The molecule has 164 valence electrons. The Morgan fingerprint density at radius 1 is 0.879 bits per heavy atom. The van der Waals surface area contributed by atoms with Crippen molar-refractivity contribution < 1.29 is 14.4 Å². The number of halogens is 1. The minimum absolute atomic E-state index is 0.0405. The van der Waals surface area contributed by atoms with Gasteiger partial charge in [0.25, 0.3) is 5.69 Å². The summed E-state index contributed by atoms with van der Waals surface area (Å²) in [5, 5.41) is 11.2. The largest absolute Gasteiger partial charge is 0.487 e. The monoisotopic (exact) mass is 458 g/mol. The first-order valence-corrected chi connectivity index (χ1v) is 10.5. The van der Waals surface area contributed by atoms with Crippen LogP contribution in [-0.4, -0.2) is 11.1 Å². The van der Waals surface area contributed by atoms with Gasteiger partial charge >= 0.3 is 0 Å². The molecule has 33 heavy (non-hydrogen) atoms. The van der Waals surface area contributed by atoms with E-state index < -0.39 is 4.92 Å². The number of rotatable bonds is 8. The molecule has 6 nitrogen and oxygen atoms in total. The lowest BCUT2D eigenvalue weighted by Gasteiger charge is -2.08. The van der Waals surface area contributed by atoms with Crippen molar-refractivity contribution in [3.8, 4) is 17.2 Å². The van der Waals surface area contributed by atoms with Crippen LogP contribution in [-0.2, 0) is 6.61 Å². The van der Waals surface area contributed by atoms with Gasteiger partial charge in [-0.2, -0.15) is 0 Å². The van der Waals surface area contributed by atoms with Crippen LogP contribution in [0.4, 0.5) is 11.4 Å². The Hall–Kier alpha value is -4.16. The van der Waals surface area contributed by atoms with Gasteiger partial charge in [0.05, 0.1) is 15.6 Å². The highest BCUT2D eigenvalue weighted by Crippen LogP contribution is 2.27. The summed E-state index contributed by atoms with van der Waals surface area (Å²) in [6.07, 6.45) is 1.72. The van der Waals surface area contributed by atoms with E-state index in [1.54, 1.807) is 30.5 Å². The highest BCUT2D eigenvalue weighted by molar-refractivity contribution is 6.32. The maximum absolute atomic E-state index is 10.7. The lowest BCUT2D eigenvalue weighted by molar-refractivity contribution is -0.384. The van der Waals surface area contributed by atoms with Crippen LogP contribution < -0.4 is 9.47 Å². The maximum Gasteiger partial charge on any atom is 0.269 e. The van der Waals surface area contributed by atoms with Gasteiger partial charge in [-0.1, -0.05) is 29.8 Å². The predicted octanol–water partition coefficient (Wildman–Crippen LogP) is 7.37. The number of non-ortho nitro benzene ring substituents is 1. The summed E-state index contributed by atoms with van der Waals surface area (Å²) in [5.74, 6) is 2.03. The minimum Gasteiger partial charge on any atom is -0.487 e. The van der Waals surface area contributed by atoms with Crippen molar-refractivity contribution in [3.63, 3.8) is 0 Å². The number of benzene rings is 4. The van der Waals surface area contributed by atoms with Crippen molar-refractivity contribution in [3.05, 3.63) is 123 Å². The fourth-order valence-corrected chi connectivity index (χ4v) is 3.21. The van der Waals surface area contributed by atoms with Gasteiger partial charge < -0.3 is 9.47 Å². The Morgan fingerprint density at radius 3 is 2.24 bits per heavy atom. The molecule has 4 aromatic carbocycles. The molecule has 0 aromatic heterocycles. The molecule has 7 heteroatoms. The molecule has 0 heterocycles. The highest BCUT2D eigenvalue weighted by Gasteiger charge is 2.06. The molecule has 4 aromatic rings. The molecular formula is C26H19ClN2O4. The van der Waals surface area contributed by atoms with E-state index in [1.807, 2.05) is 60.7 Å². The fraction of sp³-hybridized carbons (Fsp3) is 0.0385. The van der Waals surface area contributed by atoms with Gasteiger partial charge in [-0.05, 0) is 77.9 Å². The minimum atomic E-state index is -0.436. The van der Waals surface area contributed by atoms with Crippen LogP contribution in [0.5, 0.6) is 17.2 Å². The number of nitro groups is 1. The van der Waals surface area contributed by atoms with E-state index in [0.29, 0.717) is 10.8 Å². The third kappa shape index (κ3) is 6.18. The van der Waals surface area contributed by atoms with E-state index in [9.17, 15) is 10.1 Å². The van der Waals surface area contributed by atoms with Crippen LogP contribution in [0.25, 0.3) is 0 Å². The molecule has 0 bridgehead atoms. The Bertz CT molecular complexity index is 1260. The summed E-state index contributed by atoms with van der Waals surface area (Å²) < 4.78 is 11.5. The van der Waals surface area contributed by atoms with Crippen LogP contribution in [0, 0.1) is 10.1 Å². The predicted molar refractivity (Wildman–Crippen MR) is 129 cm³/mol. The molecule has 0 unspecified atom stereocenters. The molecule has 0 saturated carbocycles. The second-order valence-electron chi connectivity index (χ2n) is 7.07. The first-order valence-electron chi connectivity index (χ1n) is 10.1. The molecule has 4 rings (SSSR count). The quantitative estimate of drug-likeness (QED) is 0.157. The van der Waals surface area contributed by atoms with Gasteiger partial charge in [0.15, 0.2) is 0 Å². The van der Waals surface area contributed by atoms with E-state index in [4.69, 9.17) is 21.1 Å². The van der Waals surface area contributed by atoms with Crippen molar-refractivity contribution in [2.75, 3.05) is 0 Å². The van der Waals surface area contributed by atoms with Crippen LogP contribution in [0.1, 0.15) is 11.1 Å². The number of ether oxygens (including phenoxy) is 2. The van der Waals surface area contributed by atoms with Crippen molar-refractivity contribution in [2.24, 2.45) is 4.99 Å². The average molecular weight is 459 g/mol. The molecule has 0 radical (unpaired) electrons. The zero-order chi connectivity index (χ0) is 23.0. The van der Waals surface area contributed by atoms with E-state index in [0.717, 1.165) is 28.3 Å². The zero-order valence-electron chi connectivity index (χ0n) is 17.4. The molecule has 0 saturated heterocycles. The third-order valence-corrected chi connectivity index (χ3v) is 4.97. The summed E-state index contributed by atoms with van der Waals surface area (Å²) in [6.45, 7) is 0.253. The number of nitro benzene ring substituents is 1. The highest BCUT2D eigenvalue weighted by atomic mass is 35.5. The standard InChI is InChI=1S/C26H19ClN2O4/c27-25-16-20(8-15-26(25)32-18-19-6-11-22(12-7-19)29(30)31)17-28-21-9-13-24(14-10-21)33-23-4-2-1-3-5-23/h1-17H,18H2. The smallest absolute Gasteiger partial charge is 0.269 e. The SMILES string of the molecule is O=[N+]([O-])c1ccc(COc2ccc(C=Nc3ccc(Oc4ccccc4)cc3)cc2Cl)cc1. The lowest BCUT2D eigenvalue weighted by Crippen LogP contribution is -1.97. The lowest BCUT2D eigenvalue weighted by atomic mass is 10.2. The number of hydrogen-bond donors (Lipinski definition) is 0. The molecular weight excluding hydrogens is 440 g/mol. The Labute approximate surface area is 195 Å². The first kappa shape index (κ1) is 22.0. The van der Waals surface area contributed by atoms with Crippen LogP contribution in [0.3, 0.4) is 0 Å². The molecule has 0 aliphatic rings.